The molecule has 0 atom stereocenters. The van der Waals surface area contributed by atoms with E-state index in [0.717, 1.165) is 11.1 Å². The molecule has 1 heterocycles. The largest absolute Gasteiger partial charge is 0.465 e. The minimum Gasteiger partial charge on any atom is -0.465 e. The first-order valence-electron chi connectivity index (χ1n) is 9.47. The van der Waals surface area contributed by atoms with Crippen molar-refractivity contribution in [3.05, 3.63) is 58.5 Å². The lowest BCUT2D eigenvalue weighted by atomic mass is 10.1. The smallest absolute Gasteiger partial charge is 0.341 e. The van der Waals surface area contributed by atoms with Gasteiger partial charge in [0.1, 0.15) is 17.1 Å². The Kier molecular flexibility index (Phi) is 7.45. The SMILES string of the molecule is COC(=O)c1cc(CN(C)C(=O)NCc2cccc(COC(C)(C)C)c2)oc1C. The van der Waals surface area contributed by atoms with Crippen molar-refractivity contribution in [3.8, 4) is 0 Å². The summed E-state index contributed by atoms with van der Waals surface area (Å²) >= 11 is 0. The maximum absolute atomic E-state index is 12.4. The van der Waals surface area contributed by atoms with Gasteiger partial charge in [-0.2, -0.15) is 0 Å². The molecule has 0 spiro atoms. The number of hydrogen-bond donors (Lipinski definition) is 1. The standard InChI is InChI=1S/C22H30N2O5/c1-15-19(20(25)27-6)11-18(29-15)13-24(5)21(26)23-12-16-8-7-9-17(10-16)14-28-22(2,3)4/h7-11H,12-14H2,1-6H3,(H,23,26). The predicted molar refractivity (Wildman–Crippen MR) is 109 cm³/mol. The van der Waals surface area contributed by atoms with Gasteiger partial charge in [-0.1, -0.05) is 24.3 Å². The van der Waals surface area contributed by atoms with Crippen LogP contribution in [-0.4, -0.2) is 36.7 Å². The summed E-state index contributed by atoms with van der Waals surface area (Å²) in [6, 6.07) is 9.29. The Labute approximate surface area is 172 Å². The summed E-state index contributed by atoms with van der Waals surface area (Å²) in [5, 5.41) is 2.89. The number of ether oxygens (including phenoxy) is 2. The lowest BCUT2D eigenvalue weighted by Gasteiger charge is -2.20. The molecule has 7 heteroatoms. The molecule has 158 valence electrons. The van der Waals surface area contributed by atoms with Crippen molar-refractivity contribution in [1.29, 1.82) is 0 Å². The van der Waals surface area contributed by atoms with Crippen LogP contribution in [-0.2, 0) is 29.2 Å². The van der Waals surface area contributed by atoms with E-state index in [1.165, 1.54) is 12.0 Å². The molecule has 29 heavy (non-hydrogen) atoms. The van der Waals surface area contributed by atoms with Gasteiger partial charge in [-0.15, -0.1) is 0 Å². The average Bonchev–Trinajstić information content (AvgIpc) is 3.03. The highest BCUT2D eigenvalue weighted by Crippen LogP contribution is 2.17. The summed E-state index contributed by atoms with van der Waals surface area (Å²) in [6.07, 6.45) is 0. The van der Waals surface area contributed by atoms with Crippen LogP contribution in [0.1, 0.15) is 53.8 Å². The average molecular weight is 402 g/mol. The van der Waals surface area contributed by atoms with Gasteiger partial charge >= 0.3 is 12.0 Å². The van der Waals surface area contributed by atoms with Gasteiger partial charge < -0.3 is 24.1 Å². The Morgan fingerprint density at radius 1 is 1.17 bits per heavy atom. The second kappa shape index (κ2) is 9.60. The number of urea groups is 1. The minimum atomic E-state index is -0.458. The molecule has 7 nitrogen and oxygen atoms in total. The van der Waals surface area contributed by atoms with Crippen molar-refractivity contribution in [1.82, 2.24) is 10.2 Å². The molecule has 0 unspecified atom stereocenters. The van der Waals surface area contributed by atoms with E-state index in [0.29, 0.717) is 30.2 Å². The molecule has 0 aliphatic carbocycles. The Morgan fingerprint density at radius 3 is 2.52 bits per heavy atom. The summed E-state index contributed by atoms with van der Waals surface area (Å²) in [5.41, 5.74) is 2.21. The van der Waals surface area contributed by atoms with Crippen LogP contribution in [0.3, 0.4) is 0 Å². The fraction of sp³-hybridized carbons (Fsp3) is 0.455. The molecule has 0 fully saturated rings. The van der Waals surface area contributed by atoms with Crippen LogP contribution in [0.15, 0.2) is 34.7 Å². The highest BCUT2D eigenvalue weighted by atomic mass is 16.5. The third-order valence-corrected chi connectivity index (χ3v) is 4.22. The van der Waals surface area contributed by atoms with Gasteiger partial charge in [0.2, 0.25) is 0 Å². The summed E-state index contributed by atoms with van der Waals surface area (Å²) in [5.74, 6) is 0.525. The molecule has 0 aliphatic heterocycles. The van der Waals surface area contributed by atoms with Crippen molar-refractivity contribution >= 4 is 12.0 Å². The Hall–Kier alpha value is -2.80. The van der Waals surface area contributed by atoms with Gasteiger partial charge in [-0.25, -0.2) is 9.59 Å². The van der Waals surface area contributed by atoms with Gasteiger partial charge in [-0.3, -0.25) is 0 Å². The second-order valence-electron chi connectivity index (χ2n) is 7.91. The number of benzene rings is 1. The van der Waals surface area contributed by atoms with E-state index in [4.69, 9.17) is 13.9 Å². The zero-order valence-corrected chi connectivity index (χ0v) is 18.0. The fourth-order valence-electron chi connectivity index (χ4n) is 2.68. The summed E-state index contributed by atoms with van der Waals surface area (Å²) in [7, 11) is 2.98. The molecular formula is C22H30N2O5. The van der Waals surface area contributed by atoms with Crippen LogP contribution >= 0.6 is 0 Å². The lowest BCUT2D eigenvalue weighted by Crippen LogP contribution is -2.36. The Balaban J connectivity index is 1.90. The molecule has 0 radical (unpaired) electrons. The number of nitrogens with one attached hydrogen (secondary N) is 1. The first-order valence-corrected chi connectivity index (χ1v) is 9.47. The number of methoxy groups -OCH3 is 1. The van der Waals surface area contributed by atoms with Gasteiger partial charge in [0.05, 0.1) is 25.9 Å². The molecule has 0 saturated carbocycles. The van der Waals surface area contributed by atoms with Crippen LogP contribution < -0.4 is 5.32 Å². The number of hydrogen-bond acceptors (Lipinski definition) is 5. The van der Waals surface area contributed by atoms with E-state index in [-0.39, 0.29) is 18.2 Å². The first-order chi connectivity index (χ1) is 13.6. The molecule has 1 N–H and O–H groups in total. The maximum Gasteiger partial charge on any atom is 0.341 e. The number of carbonyl (C=O) groups excluding carboxylic acids is 2. The fourth-order valence-corrected chi connectivity index (χ4v) is 2.68. The molecule has 2 amide bonds. The van der Waals surface area contributed by atoms with Crippen LogP contribution in [0.25, 0.3) is 0 Å². The van der Waals surface area contributed by atoms with Crippen LogP contribution in [0.2, 0.25) is 0 Å². The topological polar surface area (TPSA) is 81.0 Å². The van der Waals surface area contributed by atoms with Crippen molar-refractivity contribution in [3.63, 3.8) is 0 Å². The molecule has 2 rings (SSSR count). The predicted octanol–water partition coefficient (Wildman–Crippen LogP) is 4.03. The normalized spacial score (nSPS) is 11.2. The Bertz CT molecular complexity index is 851. The minimum absolute atomic E-state index is 0.204. The van der Waals surface area contributed by atoms with Gasteiger partial charge in [0.15, 0.2) is 0 Å². The number of nitrogens with zero attached hydrogens (tertiary/aromatic N) is 1. The maximum atomic E-state index is 12.4. The highest BCUT2D eigenvalue weighted by Gasteiger charge is 2.18. The number of esters is 1. The van der Waals surface area contributed by atoms with E-state index in [1.54, 1.807) is 20.0 Å². The van der Waals surface area contributed by atoms with Gasteiger partial charge in [0.25, 0.3) is 0 Å². The molecule has 1 aromatic carbocycles. The van der Waals surface area contributed by atoms with Crippen LogP contribution in [0.4, 0.5) is 4.79 Å². The van der Waals surface area contributed by atoms with Gasteiger partial charge in [-0.05, 0) is 44.9 Å². The van der Waals surface area contributed by atoms with E-state index in [2.05, 4.69) is 5.32 Å². The van der Waals surface area contributed by atoms with E-state index >= 15 is 0 Å². The molecule has 0 aliphatic rings. The summed E-state index contributed by atoms with van der Waals surface area (Å²) < 4.78 is 16.1. The van der Waals surface area contributed by atoms with E-state index in [9.17, 15) is 9.59 Å². The number of aryl methyl sites for hydroxylation is 1. The lowest BCUT2D eigenvalue weighted by molar-refractivity contribution is -0.0149. The summed E-state index contributed by atoms with van der Waals surface area (Å²) in [4.78, 5) is 25.6. The number of carbonyl (C=O) groups is 2. The molecule has 0 saturated heterocycles. The van der Waals surface area contributed by atoms with Crippen molar-refractivity contribution in [2.75, 3.05) is 14.2 Å². The summed E-state index contributed by atoms with van der Waals surface area (Å²) in [6.45, 7) is 8.89. The second-order valence-corrected chi connectivity index (χ2v) is 7.91. The molecule has 1 aromatic heterocycles. The van der Waals surface area contributed by atoms with Crippen molar-refractivity contribution in [2.24, 2.45) is 0 Å². The zero-order chi connectivity index (χ0) is 21.6. The highest BCUT2D eigenvalue weighted by molar-refractivity contribution is 5.90. The van der Waals surface area contributed by atoms with Crippen LogP contribution in [0.5, 0.6) is 0 Å². The van der Waals surface area contributed by atoms with Gasteiger partial charge in [0, 0.05) is 13.6 Å². The molecule has 0 bridgehead atoms. The van der Waals surface area contributed by atoms with E-state index in [1.807, 2.05) is 45.0 Å². The quantitative estimate of drug-likeness (QED) is 0.707. The van der Waals surface area contributed by atoms with Crippen molar-refractivity contribution in [2.45, 2.75) is 53.0 Å². The number of amides is 2. The third-order valence-electron chi connectivity index (χ3n) is 4.22. The Morgan fingerprint density at radius 2 is 1.86 bits per heavy atom. The monoisotopic (exact) mass is 402 g/mol. The first kappa shape index (κ1) is 22.5. The number of furan rings is 1. The molecule has 2 aromatic rings. The van der Waals surface area contributed by atoms with Crippen LogP contribution in [0, 0.1) is 6.92 Å². The third kappa shape index (κ3) is 6.94. The van der Waals surface area contributed by atoms with E-state index < -0.39 is 5.97 Å². The van der Waals surface area contributed by atoms with Crippen molar-refractivity contribution < 1.29 is 23.5 Å². The zero-order valence-electron chi connectivity index (χ0n) is 18.0. The molecular weight excluding hydrogens is 372 g/mol. The number of rotatable bonds is 7.